The van der Waals surface area contributed by atoms with Crippen molar-refractivity contribution in [2.75, 3.05) is 13.1 Å². The second-order valence-electron chi connectivity index (χ2n) is 5.82. The van der Waals surface area contributed by atoms with Gasteiger partial charge in [-0.05, 0) is 36.0 Å². The van der Waals surface area contributed by atoms with Gasteiger partial charge < -0.3 is 0 Å². The molecular weight excluding hydrogens is 296 g/mol. The predicted molar refractivity (Wildman–Crippen MR) is 86.7 cm³/mol. The van der Waals surface area contributed by atoms with Crippen LogP contribution in [0.15, 0.2) is 54.9 Å². The molecule has 1 aliphatic rings. The van der Waals surface area contributed by atoms with Crippen molar-refractivity contribution in [1.29, 1.82) is 0 Å². The molecule has 0 amide bonds. The van der Waals surface area contributed by atoms with Crippen molar-refractivity contribution in [3.8, 4) is 0 Å². The summed E-state index contributed by atoms with van der Waals surface area (Å²) < 4.78 is 26.7. The van der Waals surface area contributed by atoms with E-state index in [2.05, 4.69) is 4.98 Å². The van der Waals surface area contributed by atoms with E-state index in [0.29, 0.717) is 19.0 Å². The van der Waals surface area contributed by atoms with Crippen molar-refractivity contribution >= 4 is 10.0 Å². The van der Waals surface area contributed by atoms with Crippen LogP contribution in [0.25, 0.3) is 0 Å². The zero-order valence-corrected chi connectivity index (χ0v) is 13.2. The quantitative estimate of drug-likeness (QED) is 0.851. The lowest BCUT2D eigenvalue weighted by Crippen LogP contribution is -2.30. The Morgan fingerprint density at radius 3 is 2.59 bits per heavy atom. The first-order valence-corrected chi connectivity index (χ1v) is 9.15. The van der Waals surface area contributed by atoms with Gasteiger partial charge in [-0.15, -0.1) is 0 Å². The van der Waals surface area contributed by atoms with E-state index in [1.54, 1.807) is 10.5 Å². The molecule has 4 nitrogen and oxygen atoms in total. The largest absolute Gasteiger partial charge is 0.264 e. The minimum atomic E-state index is -3.22. The fourth-order valence-corrected chi connectivity index (χ4v) is 4.56. The van der Waals surface area contributed by atoms with Crippen molar-refractivity contribution < 1.29 is 8.42 Å². The lowest BCUT2D eigenvalue weighted by Gasteiger charge is -2.16. The molecule has 0 radical (unpaired) electrons. The molecule has 0 N–H and O–H groups in total. The van der Waals surface area contributed by atoms with Gasteiger partial charge in [-0.25, -0.2) is 12.7 Å². The highest BCUT2D eigenvalue weighted by atomic mass is 32.2. The zero-order chi connectivity index (χ0) is 15.4. The van der Waals surface area contributed by atoms with Crippen molar-refractivity contribution in [2.24, 2.45) is 5.92 Å². The van der Waals surface area contributed by atoms with Crippen LogP contribution in [0.2, 0.25) is 0 Å². The maximum atomic E-state index is 12.5. The number of aromatic nitrogens is 1. The molecular formula is C17H20N2O2S. The third kappa shape index (κ3) is 3.72. The number of hydrogen-bond acceptors (Lipinski definition) is 3. The highest BCUT2D eigenvalue weighted by Gasteiger charge is 2.31. The van der Waals surface area contributed by atoms with E-state index in [1.807, 2.05) is 48.7 Å². The van der Waals surface area contributed by atoms with Gasteiger partial charge in [0.15, 0.2) is 0 Å². The van der Waals surface area contributed by atoms with E-state index in [0.717, 1.165) is 18.4 Å². The van der Waals surface area contributed by atoms with Crippen LogP contribution in [-0.4, -0.2) is 30.8 Å². The average Bonchev–Trinajstić information content (AvgIpc) is 2.98. The molecule has 1 unspecified atom stereocenters. The monoisotopic (exact) mass is 316 g/mol. The van der Waals surface area contributed by atoms with Crippen LogP contribution in [0.3, 0.4) is 0 Å². The molecule has 1 atom stereocenters. The van der Waals surface area contributed by atoms with E-state index in [9.17, 15) is 8.42 Å². The SMILES string of the molecule is O=S(=O)(Cc1ccccc1)N1CCC(Cc2cccnc2)C1. The summed E-state index contributed by atoms with van der Waals surface area (Å²) in [6.45, 7) is 1.24. The van der Waals surface area contributed by atoms with Crippen molar-refractivity contribution in [3.63, 3.8) is 0 Å². The molecule has 0 bridgehead atoms. The second kappa shape index (κ2) is 6.58. The summed E-state index contributed by atoms with van der Waals surface area (Å²) in [7, 11) is -3.22. The normalized spacial score (nSPS) is 19.4. The number of nitrogens with zero attached hydrogens (tertiary/aromatic N) is 2. The third-order valence-electron chi connectivity index (χ3n) is 4.08. The van der Waals surface area contributed by atoms with Gasteiger partial charge in [0.05, 0.1) is 5.75 Å². The number of sulfonamides is 1. The lowest BCUT2D eigenvalue weighted by molar-refractivity contribution is 0.455. The molecule has 2 aromatic rings. The summed E-state index contributed by atoms with van der Waals surface area (Å²) in [5, 5.41) is 0. The fraction of sp³-hybridized carbons (Fsp3) is 0.353. The molecule has 22 heavy (non-hydrogen) atoms. The first-order valence-electron chi connectivity index (χ1n) is 7.54. The van der Waals surface area contributed by atoms with Gasteiger partial charge in [0, 0.05) is 25.5 Å². The Balaban J connectivity index is 1.62. The van der Waals surface area contributed by atoms with E-state index in [4.69, 9.17) is 0 Å². The summed E-state index contributed by atoms with van der Waals surface area (Å²) in [4.78, 5) is 4.12. The van der Waals surface area contributed by atoms with Crippen LogP contribution >= 0.6 is 0 Å². The van der Waals surface area contributed by atoms with Crippen LogP contribution < -0.4 is 0 Å². The van der Waals surface area contributed by atoms with E-state index >= 15 is 0 Å². The highest BCUT2D eigenvalue weighted by Crippen LogP contribution is 2.24. The number of pyridine rings is 1. The van der Waals surface area contributed by atoms with Crippen molar-refractivity contribution in [1.82, 2.24) is 9.29 Å². The number of rotatable bonds is 5. The minimum absolute atomic E-state index is 0.0907. The molecule has 5 heteroatoms. The van der Waals surface area contributed by atoms with Crippen LogP contribution in [-0.2, 0) is 22.2 Å². The fourth-order valence-electron chi connectivity index (χ4n) is 2.94. The van der Waals surface area contributed by atoms with Gasteiger partial charge >= 0.3 is 0 Å². The molecule has 1 aromatic carbocycles. The summed E-state index contributed by atoms with van der Waals surface area (Å²) in [6, 6.07) is 13.3. The topological polar surface area (TPSA) is 50.3 Å². The van der Waals surface area contributed by atoms with Crippen LogP contribution in [0.5, 0.6) is 0 Å². The molecule has 2 heterocycles. The Morgan fingerprint density at radius 2 is 1.86 bits per heavy atom. The summed E-state index contributed by atoms with van der Waals surface area (Å²) >= 11 is 0. The van der Waals surface area contributed by atoms with Gasteiger partial charge in [0.25, 0.3) is 0 Å². The van der Waals surface area contributed by atoms with E-state index in [-0.39, 0.29) is 5.75 Å². The average molecular weight is 316 g/mol. The van der Waals surface area contributed by atoms with E-state index in [1.165, 1.54) is 5.56 Å². The Labute approximate surface area is 131 Å². The molecule has 3 rings (SSSR count). The summed E-state index contributed by atoms with van der Waals surface area (Å²) in [6.07, 6.45) is 5.43. The van der Waals surface area contributed by atoms with Gasteiger partial charge in [0.2, 0.25) is 10.0 Å². The molecule has 0 aliphatic carbocycles. The van der Waals surface area contributed by atoms with Crippen LogP contribution in [0.4, 0.5) is 0 Å². The molecule has 1 fully saturated rings. The standard InChI is InChI=1S/C17H20N2O2S/c20-22(21,14-15-5-2-1-3-6-15)19-10-8-17(13-19)11-16-7-4-9-18-12-16/h1-7,9,12,17H,8,10-11,13-14H2. The molecule has 1 aliphatic heterocycles. The van der Waals surface area contributed by atoms with Crippen molar-refractivity contribution in [2.45, 2.75) is 18.6 Å². The van der Waals surface area contributed by atoms with Crippen molar-refractivity contribution in [3.05, 3.63) is 66.0 Å². The van der Waals surface area contributed by atoms with Gasteiger partial charge in [0.1, 0.15) is 0 Å². The Hall–Kier alpha value is -1.72. The lowest BCUT2D eigenvalue weighted by atomic mass is 10.0. The second-order valence-corrected chi connectivity index (χ2v) is 7.79. The molecule has 1 aromatic heterocycles. The summed E-state index contributed by atoms with van der Waals surface area (Å²) in [5.41, 5.74) is 2.02. The van der Waals surface area contributed by atoms with Crippen LogP contribution in [0, 0.1) is 5.92 Å². The molecule has 0 spiro atoms. The molecule has 1 saturated heterocycles. The zero-order valence-electron chi connectivity index (χ0n) is 12.4. The predicted octanol–water partition coefficient (Wildman–Crippen LogP) is 2.48. The Kier molecular flexibility index (Phi) is 4.55. The number of hydrogen-bond donors (Lipinski definition) is 0. The van der Waals surface area contributed by atoms with Gasteiger partial charge in [-0.2, -0.15) is 0 Å². The Morgan fingerprint density at radius 1 is 1.09 bits per heavy atom. The Bertz CT molecular complexity index is 702. The maximum absolute atomic E-state index is 12.5. The van der Waals surface area contributed by atoms with Crippen LogP contribution in [0.1, 0.15) is 17.5 Å². The highest BCUT2D eigenvalue weighted by molar-refractivity contribution is 7.88. The maximum Gasteiger partial charge on any atom is 0.218 e. The van der Waals surface area contributed by atoms with E-state index < -0.39 is 10.0 Å². The minimum Gasteiger partial charge on any atom is -0.264 e. The first kappa shape index (κ1) is 15.2. The summed E-state index contributed by atoms with van der Waals surface area (Å²) in [5.74, 6) is 0.475. The van der Waals surface area contributed by atoms with Gasteiger partial charge in [-0.3, -0.25) is 4.98 Å². The van der Waals surface area contributed by atoms with Gasteiger partial charge in [-0.1, -0.05) is 36.4 Å². The molecule has 0 saturated carbocycles. The third-order valence-corrected chi connectivity index (χ3v) is 5.90. The molecule has 116 valence electrons. The number of benzene rings is 1. The smallest absolute Gasteiger partial charge is 0.218 e. The first-order chi connectivity index (χ1) is 10.6.